The first kappa shape index (κ1) is 18.1. The van der Waals surface area contributed by atoms with Gasteiger partial charge in [-0.25, -0.2) is 4.79 Å². The molecule has 0 spiro atoms. The molecule has 3 aromatic carbocycles. The smallest absolute Gasteiger partial charge is 0.344 e. The van der Waals surface area contributed by atoms with E-state index in [2.05, 4.69) is 31.2 Å². The summed E-state index contributed by atoms with van der Waals surface area (Å²) in [6, 6.07) is 24.5. The molecule has 4 heteroatoms. The Labute approximate surface area is 163 Å². The molecule has 0 aliphatic carbocycles. The van der Waals surface area contributed by atoms with Crippen LogP contribution >= 0.6 is 0 Å². The fourth-order valence-electron chi connectivity index (χ4n) is 3.63. The predicted molar refractivity (Wildman–Crippen MR) is 106 cm³/mol. The second-order valence-corrected chi connectivity index (χ2v) is 6.86. The fraction of sp³-hybridized carbons (Fsp3) is 0.167. The number of hydrogen-bond donors (Lipinski definition) is 1. The molecular weight excluding hydrogens is 352 g/mol. The number of rotatable bonds is 4. The van der Waals surface area contributed by atoms with Crippen molar-refractivity contribution in [1.29, 1.82) is 0 Å². The van der Waals surface area contributed by atoms with E-state index in [0.717, 1.165) is 17.5 Å². The van der Waals surface area contributed by atoms with Crippen LogP contribution in [-0.4, -0.2) is 23.0 Å². The highest BCUT2D eigenvalue weighted by molar-refractivity contribution is 6.13. The van der Waals surface area contributed by atoms with Crippen molar-refractivity contribution in [3.8, 4) is 11.1 Å². The van der Waals surface area contributed by atoms with Crippen LogP contribution in [0.5, 0.6) is 0 Å². The SMILES string of the molecule is CCc1ccc(-c2ccc(C3(c4ccccc4)OC(=O)C(O)C3=O)cc2)cc1. The van der Waals surface area contributed by atoms with Crippen molar-refractivity contribution < 1.29 is 19.4 Å². The Kier molecular flexibility index (Phi) is 4.57. The van der Waals surface area contributed by atoms with Gasteiger partial charge in [0.05, 0.1) is 0 Å². The van der Waals surface area contributed by atoms with Gasteiger partial charge in [0.2, 0.25) is 17.5 Å². The quantitative estimate of drug-likeness (QED) is 0.561. The van der Waals surface area contributed by atoms with Gasteiger partial charge >= 0.3 is 5.97 Å². The number of benzene rings is 3. The van der Waals surface area contributed by atoms with E-state index in [1.165, 1.54) is 5.56 Å². The summed E-state index contributed by atoms with van der Waals surface area (Å²) < 4.78 is 5.48. The van der Waals surface area contributed by atoms with Crippen molar-refractivity contribution in [2.75, 3.05) is 0 Å². The molecule has 0 saturated carbocycles. The number of carbonyl (C=O) groups is 2. The second kappa shape index (κ2) is 7.06. The number of ketones is 1. The Hall–Kier alpha value is -3.24. The third kappa shape index (κ3) is 2.83. The van der Waals surface area contributed by atoms with Crippen LogP contribution in [0.1, 0.15) is 23.6 Å². The standard InChI is InChI=1S/C24H20O4/c1-2-16-8-10-17(11-9-16)18-12-14-20(15-13-18)24(19-6-4-3-5-7-19)22(26)21(25)23(27)28-24/h3-15,21,25H,2H2,1H3. The van der Waals surface area contributed by atoms with Crippen molar-refractivity contribution >= 4 is 11.8 Å². The highest BCUT2D eigenvalue weighted by Crippen LogP contribution is 2.41. The number of cyclic esters (lactones) is 1. The summed E-state index contributed by atoms with van der Waals surface area (Å²) in [5, 5.41) is 9.98. The zero-order valence-corrected chi connectivity index (χ0v) is 15.5. The summed E-state index contributed by atoms with van der Waals surface area (Å²) in [5.74, 6) is -1.59. The first-order chi connectivity index (χ1) is 13.6. The van der Waals surface area contributed by atoms with Gasteiger partial charge in [-0.15, -0.1) is 0 Å². The average Bonchev–Trinajstić information content (AvgIpc) is 2.99. The maximum atomic E-state index is 12.9. The number of Topliss-reactive ketones (excluding diaryl/α,β-unsaturated/α-hetero) is 1. The highest BCUT2D eigenvalue weighted by Gasteiger charge is 2.57. The molecule has 1 N–H and O–H groups in total. The predicted octanol–water partition coefficient (Wildman–Crippen LogP) is 3.65. The van der Waals surface area contributed by atoms with E-state index in [-0.39, 0.29) is 0 Å². The van der Waals surface area contributed by atoms with Crippen LogP contribution in [0.4, 0.5) is 0 Å². The normalized spacial score (nSPS) is 21.6. The molecule has 0 bridgehead atoms. The van der Waals surface area contributed by atoms with Gasteiger partial charge in [0.15, 0.2) is 0 Å². The maximum Gasteiger partial charge on any atom is 0.344 e. The van der Waals surface area contributed by atoms with E-state index in [0.29, 0.717) is 11.1 Å². The number of carbonyl (C=O) groups excluding carboxylic acids is 2. The highest BCUT2D eigenvalue weighted by atomic mass is 16.6. The lowest BCUT2D eigenvalue weighted by molar-refractivity contribution is -0.151. The summed E-state index contributed by atoms with van der Waals surface area (Å²) in [6.07, 6.45) is -0.796. The monoisotopic (exact) mass is 372 g/mol. The van der Waals surface area contributed by atoms with Crippen molar-refractivity contribution in [1.82, 2.24) is 0 Å². The summed E-state index contributed by atoms with van der Waals surface area (Å²) in [6.45, 7) is 2.11. The molecule has 4 nitrogen and oxygen atoms in total. The minimum Gasteiger partial charge on any atom is -0.439 e. The van der Waals surface area contributed by atoms with Gasteiger partial charge in [0.1, 0.15) is 0 Å². The molecular formula is C24H20O4. The molecule has 1 heterocycles. The first-order valence-corrected chi connectivity index (χ1v) is 9.27. The minimum absolute atomic E-state index is 0.516. The summed E-state index contributed by atoms with van der Waals surface area (Å²) >= 11 is 0. The molecule has 0 amide bonds. The summed E-state index contributed by atoms with van der Waals surface area (Å²) in [7, 11) is 0. The number of aryl methyl sites for hydroxylation is 1. The van der Waals surface area contributed by atoms with Crippen LogP contribution < -0.4 is 0 Å². The third-order valence-corrected chi connectivity index (χ3v) is 5.24. The Morgan fingerprint density at radius 2 is 1.36 bits per heavy atom. The van der Waals surface area contributed by atoms with E-state index >= 15 is 0 Å². The maximum absolute atomic E-state index is 12.9. The van der Waals surface area contributed by atoms with Crippen LogP contribution in [0.15, 0.2) is 78.9 Å². The Morgan fingerprint density at radius 1 is 0.821 bits per heavy atom. The van der Waals surface area contributed by atoms with Crippen molar-refractivity contribution in [3.05, 3.63) is 95.6 Å². The Balaban J connectivity index is 1.78. The number of esters is 1. The summed E-state index contributed by atoms with van der Waals surface area (Å²) in [5.41, 5.74) is 2.73. The summed E-state index contributed by atoms with van der Waals surface area (Å²) in [4.78, 5) is 24.9. The number of ether oxygens (including phenoxy) is 1. The Morgan fingerprint density at radius 3 is 1.86 bits per heavy atom. The lowest BCUT2D eigenvalue weighted by atomic mass is 9.82. The van der Waals surface area contributed by atoms with Crippen molar-refractivity contribution in [2.45, 2.75) is 25.0 Å². The Bertz CT molecular complexity index is 1010. The van der Waals surface area contributed by atoms with Crippen LogP contribution in [0.25, 0.3) is 11.1 Å². The van der Waals surface area contributed by atoms with Crippen LogP contribution in [0.2, 0.25) is 0 Å². The molecule has 140 valence electrons. The number of aliphatic hydroxyl groups is 1. The second-order valence-electron chi connectivity index (χ2n) is 6.86. The molecule has 1 aliphatic heterocycles. The molecule has 2 atom stereocenters. The van der Waals surface area contributed by atoms with Crippen LogP contribution in [0.3, 0.4) is 0 Å². The lowest BCUT2D eigenvalue weighted by Crippen LogP contribution is -2.37. The topological polar surface area (TPSA) is 63.6 Å². The van der Waals surface area contributed by atoms with Crippen LogP contribution in [-0.2, 0) is 26.3 Å². The molecule has 1 aliphatic rings. The van der Waals surface area contributed by atoms with Crippen LogP contribution in [0, 0.1) is 0 Å². The zero-order valence-electron chi connectivity index (χ0n) is 15.5. The fourth-order valence-corrected chi connectivity index (χ4v) is 3.63. The number of aliphatic hydroxyl groups excluding tert-OH is 1. The lowest BCUT2D eigenvalue weighted by Gasteiger charge is -2.27. The molecule has 28 heavy (non-hydrogen) atoms. The van der Waals surface area contributed by atoms with Gasteiger partial charge in [0.25, 0.3) is 0 Å². The van der Waals surface area contributed by atoms with Gasteiger partial charge in [-0.1, -0.05) is 85.8 Å². The van der Waals surface area contributed by atoms with E-state index < -0.39 is 23.5 Å². The van der Waals surface area contributed by atoms with Crippen molar-refractivity contribution in [2.24, 2.45) is 0 Å². The van der Waals surface area contributed by atoms with Gasteiger partial charge in [-0.2, -0.15) is 0 Å². The van der Waals surface area contributed by atoms with E-state index in [1.807, 2.05) is 18.2 Å². The largest absolute Gasteiger partial charge is 0.439 e. The van der Waals surface area contributed by atoms with E-state index in [9.17, 15) is 14.7 Å². The molecule has 3 aromatic rings. The molecule has 1 fully saturated rings. The van der Waals surface area contributed by atoms with Gasteiger partial charge in [-0.05, 0) is 23.1 Å². The van der Waals surface area contributed by atoms with Gasteiger partial charge < -0.3 is 9.84 Å². The minimum atomic E-state index is -1.78. The number of hydrogen-bond acceptors (Lipinski definition) is 4. The molecule has 0 radical (unpaired) electrons. The first-order valence-electron chi connectivity index (χ1n) is 9.27. The van der Waals surface area contributed by atoms with Gasteiger partial charge in [-0.3, -0.25) is 4.79 Å². The van der Waals surface area contributed by atoms with Crippen molar-refractivity contribution in [3.63, 3.8) is 0 Å². The van der Waals surface area contributed by atoms with E-state index in [1.54, 1.807) is 36.4 Å². The molecule has 4 rings (SSSR count). The molecule has 1 saturated heterocycles. The average molecular weight is 372 g/mol. The third-order valence-electron chi connectivity index (χ3n) is 5.24. The van der Waals surface area contributed by atoms with Gasteiger partial charge in [0, 0.05) is 11.1 Å². The van der Waals surface area contributed by atoms with E-state index in [4.69, 9.17) is 4.74 Å². The molecule has 2 unspecified atom stereocenters. The molecule has 0 aromatic heterocycles. The zero-order chi connectivity index (χ0) is 19.7.